The summed E-state index contributed by atoms with van der Waals surface area (Å²) >= 11 is 5.87. The minimum absolute atomic E-state index is 0.233. The van der Waals surface area contributed by atoms with Crippen LogP contribution in [0.15, 0.2) is 41.0 Å². The van der Waals surface area contributed by atoms with E-state index in [9.17, 15) is 4.39 Å². The van der Waals surface area contributed by atoms with Crippen molar-refractivity contribution in [3.8, 4) is 6.07 Å². The number of pyridine rings is 1. The Morgan fingerprint density at radius 3 is 2.89 bits per heavy atom. The zero-order valence-electron chi connectivity index (χ0n) is 9.49. The molecular formula is C13H10ClFN2O. The van der Waals surface area contributed by atoms with E-state index in [0.717, 1.165) is 0 Å². The van der Waals surface area contributed by atoms with Crippen LogP contribution in [0, 0.1) is 11.3 Å². The van der Waals surface area contributed by atoms with Gasteiger partial charge in [0, 0.05) is 19.0 Å². The summed E-state index contributed by atoms with van der Waals surface area (Å²) in [6.07, 6.45) is 3.52. The molecule has 2 rings (SSSR count). The highest BCUT2D eigenvalue weighted by molar-refractivity contribution is 6.31. The predicted molar refractivity (Wildman–Crippen MR) is 65.0 cm³/mol. The van der Waals surface area contributed by atoms with Gasteiger partial charge in [-0.3, -0.25) is 4.98 Å². The number of aromatic nitrogens is 1. The van der Waals surface area contributed by atoms with Gasteiger partial charge in [-0.1, -0.05) is 11.6 Å². The second kappa shape index (κ2) is 5.65. The SMILES string of the molecule is N#Cc1ccc(COC2=C(Cl)C=C(F)CC2)nc1. The van der Waals surface area contributed by atoms with Gasteiger partial charge >= 0.3 is 0 Å². The summed E-state index contributed by atoms with van der Waals surface area (Å²) in [7, 11) is 0. The molecule has 0 aromatic carbocycles. The van der Waals surface area contributed by atoms with Gasteiger partial charge in [-0.15, -0.1) is 0 Å². The molecule has 0 atom stereocenters. The molecule has 18 heavy (non-hydrogen) atoms. The molecular weight excluding hydrogens is 255 g/mol. The lowest BCUT2D eigenvalue weighted by Crippen LogP contribution is -2.01. The summed E-state index contributed by atoms with van der Waals surface area (Å²) in [5.74, 6) is 0.341. The number of hydrogen-bond acceptors (Lipinski definition) is 3. The summed E-state index contributed by atoms with van der Waals surface area (Å²) in [4.78, 5) is 4.07. The first-order chi connectivity index (χ1) is 8.69. The van der Waals surface area contributed by atoms with Crippen molar-refractivity contribution < 1.29 is 9.13 Å². The summed E-state index contributed by atoms with van der Waals surface area (Å²) in [5, 5.41) is 8.93. The van der Waals surface area contributed by atoms with Gasteiger partial charge in [0.1, 0.15) is 24.3 Å². The Hall–Kier alpha value is -1.86. The molecule has 0 radical (unpaired) electrons. The Balaban J connectivity index is 1.99. The van der Waals surface area contributed by atoms with Crippen molar-refractivity contribution in [2.75, 3.05) is 0 Å². The molecule has 3 nitrogen and oxygen atoms in total. The Morgan fingerprint density at radius 1 is 1.44 bits per heavy atom. The fourth-order valence-electron chi connectivity index (χ4n) is 1.52. The maximum absolute atomic E-state index is 12.9. The van der Waals surface area contributed by atoms with E-state index in [1.54, 1.807) is 12.1 Å². The van der Waals surface area contributed by atoms with Crippen LogP contribution in [0.25, 0.3) is 0 Å². The molecule has 0 saturated heterocycles. The lowest BCUT2D eigenvalue weighted by Gasteiger charge is -2.14. The van der Waals surface area contributed by atoms with Gasteiger partial charge in [-0.05, 0) is 18.2 Å². The molecule has 0 amide bonds. The summed E-state index contributed by atoms with van der Waals surface area (Å²) in [5.41, 5.74) is 1.19. The van der Waals surface area contributed by atoms with Crippen molar-refractivity contribution >= 4 is 11.6 Å². The standard InChI is InChI=1S/C13H10ClFN2O/c14-12-5-10(15)2-4-13(12)18-8-11-3-1-9(6-16)7-17-11/h1,3,5,7H,2,4,8H2. The quantitative estimate of drug-likeness (QED) is 0.838. The van der Waals surface area contributed by atoms with Gasteiger partial charge in [0.2, 0.25) is 0 Å². The zero-order chi connectivity index (χ0) is 13.0. The molecule has 1 aliphatic carbocycles. The maximum Gasteiger partial charge on any atom is 0.130 e. The van der Waals surface area contributed by atoms with Crippen molar-refractivity contribution in [2.24, 2.45) is 0 Å². The highest BCUT2D eigenvalue weighted by atomic mass is 35.5. The second-order valence-corrected chi connectivity index (χ2v) is 4.21. The smallest absolute Gasteiger partial charge is 0.130 e. The van der Waals surface area contributed by atoms with E-state index in [-0.39, 0.29) is 12.4 Å². The van der Waals surface area contributed by atoms with Crippen LogP contribution in [-0.4, -0.2) is 4.98 Å². The number of halogens is 2. The molecule has 5 heteroatoms. The van der Waals surface area contributed by atoms with Crippen LogP contribution in [0.2, 0.25) is 0 Å². The molecule has 0 bridgehead atoms. The van der Waals surface area contributed by atoms with Crippen LogP contribution >= 0.6 is 11.6 Å². The summed E-state index contributed by atoms with van der Waals surface area (Å²) in [6.45, 7) is 0.257. The van der Waals surface area contributed by atoms with E-state index < -0.39 is 0 Å². The Labute approximate surface area is 109 Å². The van der Waals surface area contributed by atoms with Gasteiger partial charge in [0.25, 0.3) is 0 Å². The van der Waals surface area contributed by atoms with Gasteiger partial charge in [0.15, 0.2) is 0 Å². The van der Waals surface area contributed by atoms with Crippen molar-refractivity contribution in [1.29, 1.82) is 5.26 Å². The van der Waals surface area contributed by atoms with E-state index in [4.69, 9.17) is 21.6 Å². The third kappa shape index (κ3) is 3.08. The van der Waals surface area contributed by atoms with E-state index in [1.807, 2.05) is 6.07 Å². The lowest BCUT2D eigenvalue weighted by atomic mass is 10.1. The van der Waals surface area contributed by atoms with Crippen molar-refractivity contribution in [3.63, 3.8) is 0 Å². The first-order valence-electron chi connectivity index (χ1n) is 5.41. The molecule has 1 aromatic rings. The average molecular weight is 265 g/mol. The Morgan fingerprint density at radius 2 is 2.28 bits per heavy atom. The zero-order valence-corrected chi connectivity index (χ0v) is 10.2. The number of nitriles is 1. The molecule has 0 N–H and O–H groups in total. The first-order valence-corrected chi connectivity index (χ1v) is 5.79. The molecule has 0 fully saturated rings. The molecule has 0 spiro atoms. The number of hydrogen-bond donors (Lipinski definition) is 0. The summed E-state index contributed by atoms with van der Waals surface area (Å²) in [6, 6.07) is 5.37. The maximum atomic E-state index is 12.9. The normalized spacial score (nSPS) is 15.1. The molecule has 1 aromatic heterocycles. The summed E-state index contributed by atoms with van der Waals surface area (Å²) < 4.78 is 18.4. The minimum atomic E-state index is -0.233. The van der Waals surface area contributed by atoms with Crippen LogP contribution in [0.5, 0.6) is 0 Å². The largest absolute Gasteiger partial charge is 0.490 e. The number of ether oxygens (including phenoxy) is 1. The third-order valence-corrected chi connectivity index (χ3v) is 2.81. The number of rotatable bonds is 3. The van der Waals surface area contributed by atoms with Crippen LogP contribution < -0.4 is 0 Å². The van der Waals surface area contributed by atoms with E-state index in [1.165, 1.54) is 12.3 Å². The van der Waals surface area contributed by atoms with E-state index >= 15 is 0 Å². The van der Waals surface area contributed by atoms with E-state index in [0.29, 0.717) is 34.9 Å². The van der Waals surface area contributed by atoms with Gasteiger partial charge in [-0.25, -0.2) is 4.39 Å². The van der Waals surface area contributed by atoms with Crippen molar-refractivity contribution in [1.82, 2.24) is 4.98 Å². The lowest BCUT2D eigenvalue weighted by molar-refractivity contribution is 0.182. The number of allylic oxidation sites excluding steroid dienone is 4. The van der Waals surface area contributed by atoms with Crippen molar-refractivity contribution in [2.45, 2.75) is 19.4 Å². The molecule has 92 valence electrons. The van der Waals surface area contributed by atoms with Gasteiger partial charge in [0.05, 0.1) is 16.3 Å². The molecule has 0 unspecified atom stereocenters. The van der Waals surface area contributed by atoms with E-state index in [2.05, 4.69) is 4.98 Å². The fourth-order valence-corrected chi connectivity index (χ4v) is 1.79. The molecule has 0 saturated carbocycles. The second-order valence-electron chi connectivity index (χ2n) is 3.80. The topological polar surface area (TPSA) is 45.9 Å². The molecule has 1 heterocycles. The third-order valence-electron chi connectivity index (χ3n) is 2.49. The van der Waals surface area contributed by atoms with Crippen LogP contribution in [0.1, 0.15) is 24.1 Å². The highest BCUT2D eigenvalue weighted by Gasteiger charge is 2.13. The van der Waals surface area contributed by atoms with Gasteiger partial charge < -0.3 is 4.74 Å². The van der Waals surface area contributed by atoms with Gasteiger partial charge in [-0.2, -0.15) is 5.26 Å². The number of nitrogens with zero attached hydrogens (tertiary/aromatic N) is 2. The molecule has 1 aliphatic rings. The van der Waals surface area contributed by atoms with Crippen LogP contribution in [-0.2, 0) is 11.3 Å². The Kier molecular flexibility index (Phi) is 3.96. The Bertz CT molecular complexity index is 543. The minimum Gasteiger partial charge on any atom is -0.490 e. The van der Waals surface area contributed by atoms with Crippen molar-refractivity contribution in [3.05, 3.63) is 52.3 Å². The van der Waals surface area contributed by atoms with Crippen LogP contribution in [0.3, 0.4) is 0 Å². The van der Waals surface area contributed by atoms with Crippen LogP contribution in [0.4, 0.5) is 4.39 Å². The first kappa shape index (κ1) is 12.6. The monoisotopic (exact) mass is 264 g/mol. The fraction of sp³-hybridized carbons (Fsp3) is 0.231. The average Bonchev–Trinajstić information content (AvgIpc) is 2.38. The predicted octanol–water partition coefficient (Wildman–Crippen LogP) is 3.57. The highest BCUT2D eigenvalue weighted by Crippen LogP contribution is 2.28. The molecule has 0 aliphatic heterocycles.